The molecule has 0 saturated heterocycles. The monoisotopic (exact) mass is 383 g/mol. The molecular formula is C11H9BrF7NO. The minimum absolute atomic E-state index is 0.0419. The molecule has 1 aromatic carbocycles. The van der Waals surface area contributed by atoms with Gasteiger partial charge in [0.2, 0.25) is 0 Å². The minimum Gasteiger partial charge on any atom is -0.405 e. The second-order valence-electron chi connectivity index (χ2n) is 3.98. The first-order chi connectivity index (χ1) is 9.51. The van der Waals surface area contributed by atoms with Crippen LogP contribution in [0.5, 0.6) is 5.75 Å². The molecular weight excluding hydrogens is 375 g/mol. The van der Waals surface area contributed by atoms with E-state index in [4.69, 9.17) is 0 Å². The molecule has 0 aromatic heterocycles. The molecule has 0 aliphatic carbocycles. The first-order valence-electron chi connectivity index (χ1n) is 5.42. The largest absolute Gasteiger partial charge is 0.573 e. The van der Waals surface area contributed by atoms with E-state index in [1.54, 1.807) is 0 Å². The summed E-state index contributed by atoms with van der Waals surface area (Å²) in [6.45, 7) is -1.46. The minimum atomic E-state index is -4.86. The van der Waals surface area contributed by atoms with Crippen molar-refractivity contribution in [2.45, 2.75) is 25.3 Å². The summed E-state index contributed by atoms with van der Waals surface area (Å²) in [4.78, 5) is 0. The first kappa shape index (κ1) is 18.0. The Labute approximate surface area is 123 Å². The fourth-order valence-electron chi connectivity index (χ4n) is 1.31. The molecule has 1 rings (SSSR count). The number of hydrogen-bond donors (Lipinski definition) is 1. The second-order valence-corrected chi connectivity index (χ2v) is 4.83. The maximum Gasteiger partial charge on any atom is 0.573 e. The summed E-state index contributed by atoms with van der Waals surface area (Å²) in [6, 6.07) is 3.38. The average Bonchev–Trinajstić information content (AvgIpc) is 2.30. The molecule has 0 spiro atoms. The summed E-state index contributed by atoms with van der Waals surface area (Å²) in [5, 5.41) is 2.10. The molecule has 0 fully saturated rings. The number of nitrogens with one attached hydrogen (secondary N) is 1. The predicted octanol–water partition coefficient (Wildman–Crippen LogP) is 4.34. The van der Waals surface area contributed by atoms with Crippen LogP contribution in [0, 0.1) is 0 Å². The third-order valence-corrected chi connectivity index (χ3v) is 2.85. The smallest absolute Gasteiger partial charge is 0.405 e. The number of hydrogen-bond acceptors (Lipinski definition) is 2. The Kier molecular flexibility index (Phi) is 5.85. The highest BCUT2D eigenvalue weighted by Gasteiger charge is 2.40. The van der Waals surface area contributed by atoms with Crippen molar-refractivity contribution in [1.82, 2.24) is 5.32 Å². The van der Waals surface area contributed by atoms with Crippen molar-refractivity contribution in [2.24, 2.45) is 0 Å². The fourth-order valence-corrected chi connectivity index (χ4v) is 1.82. The molecule has 1 aromatic rings. The zero-order chi connectivity index (χ0) is 16.3. The van der Waals surface area contributed by atoms with Crippen molar-refractivity contribution in [3.63, 3.8) is 0 Å². The highest BCUT2D eigenvalue weighted by Crippen LogP contribution is 2.31. The molecule has 21 heavy (non-hydrogen) atoms. The van der Waals surface area contributed by atoms with Gasteiger partial charge in [-0.2, -0.15) is 8.78 Å². The van der Waals surface area contributed by atoms with Crippen molar-refractivity contribution < 1.29 is 35.5 Å². The molecule has 10 heteroatoms. The topological polar surface area (TPSA) is 21.3 Å². The molecule has 0 atom stereocenters. The van der Waals surface area contributed by atoms with Crippen LogP contribution < -0.4 is 10.1 Å². The van der Waals surface area contributed by atoms with E-state index < -0.39 is 31.0 Å². The van der Waals surface area contributed by atoms with E-state index in [0.29, 0.717) is 5.56 Å². The Morgan fingerprint density at radius 2 is 1.76 bits per heavy atom. The molecule has 0 aliphatic rings. The highest BCUT2D eigenvalue weighted by atomic mass is 79.9. The van der Waals surface area contributed by atoms with Gasteiger partial charge in [-0.25, -0.2) is 8.78 Å². The Bertz CT molecular complexity index is 478. The maximum absolute atomic E-state index is 12.6. The van der Waals surface area contributed by atoms with Gasteiger partial charge < -0.3 is 10.1 Å². The molecule has 0 amide bonds. The van der Waals surface area contributed by atoms with Crippen LogP contribution >= 0.6 is 15.9 Å². The normalized spacial score (nSPS) is 12.8. The number of ether oxygens (including phenoxy) is 1. The lowest BCUT2D eigenvalue weighted by Crippen LogP contribution is -2.38. The van der Waals surface area contributed by atoms with E-state index in [2.05, 4.69) is 26.0 Å². The van der Waals surface area contributed by atoms with Crippen LogP contribution in [0.2, 0.25) is 0 Å². The van der Waals surface area contributed by atoms with Gasteiger partial charge in [-0.15, -0.1) is 13.2 Å². The Morgan fingerprint density at radius 3 is 2.24 bits per heavy atom. The van der Waals surface area contributed by atoms with Crippen LogP contribution in [0.3, 0.4) is 0 Å². The van der Waals surface area contributed by atoms with Gasteiger partial charge in [0.05, 0.1) is 11.0 Å². The van der Waals surface area contributed by atoms with Crippen molar-refractivity contribution in [3.8, 4) is 5.75 Å². The molecule has 0 aliphatic heterocycles. The summed E-state index contributed by atoms with van der Waals surface area (Å²) in [7, 11) is 0. The lowest BCUT2D eigenvalue weighted by atomic mass is 10.2. The van der Waals surface area contributed by atoms with Crippen LogP contribution in [-0.2, 0) is 6.54 Å². The van der Waals surface area contributed by atoms with E-state index in [9.17, 15) is 30.7 Å². The van der Waals surface area contributed by atoms with E-state index >= 15 is 0 Å². The Balaban J connectivity index is 2.61. The van der Waals surface area contributed by atoms with Gasteiger partial charge in [0.15, 0.2) is 0 Å². The molecule has 0 heterocycles. The van der Waals surface area contributed by atoms with Gasteiger partial charge in [0, 0.05) is 6.54 Å². The molecule has 2 nitrogen and oxygen atoms in total. The maximum atomic E-state index is 12.6. The summed E-state index contributed by atoms with van der Waals surface area (Å²) in [5.41, 5.74) is 0.321. The summed E-state index contributed by atoms with van der Waals surface area (Å²) in [6.07, 6.45) is -8.65. The average molecular weight is 384 g/mol. The number of rotatable bonds is 6. The van der Waals surface area contributed by atoms with Crippen molar-refractivity contribution >= 4 is 15.9 Å². The first-order valence-corrected chi connectivity index (χ1v) is 6.21. The summed E-state index contributed by atoms with van der Waals surface area (Å²) < 4.78 is 88.7. The van der Waals surface area contributed by atoms with Gasteiger partial charge >= 0.3 is 18.7 Å². The number of alkyl halides is 7. The highest BCUT2D eigenvalue weighted by molar-refractivity contribution is 9.10. The van der Waals surface area contributed by atoms with Crippen molar-refractivity contribution in [3.05, 3.63) is 28.2 Å². The predicted molar refractivity (Wildman–Crippen MR) is 63.5 cm³/mol. The third kappa shape index (κ3) is 6.08. The van der Waals surface area contributed by atoms with Gasteiger partial charge in [-0.1, -0.05) is 6.07 Å². The number of benzene rings is 1. The number of halogens is 8. The van der Waals surface area contributed by atoms with Crippen LogP contribution in [-0.4, -0.2) is 25.3 Å². The van der Waals surface area contributed by atoms with E-state index in [1.165, 1.54) is 12.1 Å². The van der Waals surface area contributed by atoms with Crippen LogP contribution in [0.1, 0.15) is 5.56 Å². The van der Waals surface area contributed by atoms with Crippen molar-refractivity contribution in [1.29, 1.82) is 0 Å². The SMILES string of the molecule is FC(F)C(F)(F)CNCc1ccc(OC(F)(F)F)c(Br)c1. The zero-order valence-corrected chi connectivity index (χ0v) is 11.7. The molecule has 120 valence electrons. The van der Waals surface area contributed by atoms with Crippen LogP contribution in [0.15, 0.2) is 22.7 Å². The lowest BCUT2D eigenvalue weighted by molar-refractivity contribution is -0.274. The van der Waals surface area contributed by atoms with Gasteiger partial charge in [-0.3, -0.25) is 0 Å². The zero-order valence-electron chi connectivity index (χ0n) is 10.2. The molecule has 0 radical (unpaired) electrons. The fraction of sp³-hybridized carbons (Fsp3) is 0.455. The van der Waals surface area contributed by atoms with Crippen molar-refractivity contribution in [2.75, 3.05) is 6.54 Å². The third-order valence-electron chi connectivity index (χ3n) is 2.23. The second kappa shape index (κ2) is 6.82. The van der Waals surface area contributed by atoms with Gasteiger partial charge in [-0.05, 0) is 33.6 Å². The van der Waals surface area contributed by atoms with Crippen LogP contribution in [0.4, 0.5) is 30.7 Å². The molecule has 0 unspecified atom stereocenters. The molecule has 0 saturated carbocycles. The lowest BCUT2D eigenvalue weighted by Gasteiger charge is -2.16. The summed E-state index contributed by atoms with van der Waals surface area (Å²) in [5.74, 6) is -4.67. The van der Waals surface area contributed by atoms with E-state index in [1.807, 2.05) is 0 Å². The van der Waals surface area contributed by atoms with Crippen LogP contribution in [0.25, 0.3) is 0 Å². The Morgan fingerprint density at radius 1 is 1.14 bits per heavy atom. The summed E-state index contributed by atoms with van der Waals surface area (Å²) >= 11 is 2.83. The van der Waals surface area contributed by atoms with E-state index in [-0.39, 0.29) is 11.0 Å². The van der Waals surface area contributed by atoms with Gasteiger partial charge in [0.25, 0.3) is 0 Å². The van der Waals surface area contributed by atoms with Gasteiger partial charge in [0.1, 0.15) is 5.75 Å². The Hall–Kier alpha value is -1.03. The molecule has 0 bridgehead atoms. The quantitative estimate of drug-likeness (QED) is 0.738. The molecule has 1 N–H and O–H groups in total. The standard InChI is InChI=1S/C11H9BrF7NO/c12-7-3-6(1-2-8(7)21-11(17,18)19)4-20-5-10(15,16)9(13)14/h1-3,9,20H,4-5H2. The van der Waals surface area contributed by atoms with E-state index in [0.717, 1.165) is 6.07 Å².